The Balaban J connectivity index is 1.54. The number of nitrogens with zero attached hydrogens (tertiary/aromatic N) is 1. The van der Waals surface area contributed by atoms with Crippen LogP contribution in [0.25, 0.3) is 5.76 Å². The van der Waals surface area contributed by atoms with Crippen LogP contribution in [0.5, 0.6) is 17.2 Å². The van der Waals surface area contributed by atoms with Crippen molar-refractivity contribution in [2.45, 2.75) is 51.3 Å². The minimum atomic E-state index is -0.734. The van der Waals surface area contributed by atoms with E-state index < -0.39 is 17.7 Å². The third-order valence-corrected chi connectivity index (χ3v) is 7.61. The van der Waals surface area contributed by atoms with Crippen molar-refractivity contribution in [2.24, 2.45) is 0 Å². The summed E-state index contributed by atoms with van der Waals surface area (Å²) in [6.07, 6.45) is 3.64. The molecule has 1 saturated carbocycles. The summed E-state index contributed by atoms with van der Waals surface area (Å²) < 4.78 is 16.9. The lowest BCUT2D eigenvalue weighted by atomic mass is 9.94. The van der Waals surface area contributed by atoms with Gasteiger partial charge in [0, 0.05) is 11.6 Å². The maximum absolute atomic E-state index is 13.5. The van der Waals surface area contributed by atoms with E-state index in [1.165, 1.54) is 0 Å². The van der Waals surface area contributed by atoms with Crippen molar-refractivity contribution in [1.82, 2.24) is 4.90 Å². The summed E-state index contributed by atoms with van der Waals surface area (Å²) in [4.78, 5) is 28.5. The predicted octanol–water partition coefficient (Wildman–Crippen LogP) is 5.96. The fourth-order valence-corrected chi connectivity index (χ4v) is 5.61. The van der Waals surface area contributed by atoms with Crippen LogP contribution in [0.3, 0.4) is 0 Å². The van der Waals surface area contributed by atoms with E-state index in [9.17, 15) is 14.7 Å². The first-order valence-electron chi connectivity index (χ1n) is 13.2. The Morgan fingerprint density at radius 2 is 1.59 bits per heavy atom. The lowest BCUT2D eigenvalue weighted by Gasteiger charge is -2.31. The number of aliphatic hydroxyl groups is 1. The molecule has 1 unspecified atom stereocenters. The van der Waals surface area contributed by atoms with Gasteiger partial charge in [0.15, 0.2) is 11.5 Å². The minimum Gasteiger partial charge on any atom is -0.507 e. The van der Waals surface area contributed by atoms with E-state index in [1.807, 2.05) is 43.3 Å². The van der Waals surface area contributed by atoms with Gasteiger partial charge in [0.2, 0.25) is 0 Å². The van der Waals surface area contributed by atoms with Gasteiger partial charge in [-0.3, -0.25) is 9.59 Å². The van der Waals surface area contributed by atoms with Crippen molar-refractivity contribution in [3.63, 3.8) is 0 Å². The molecule has 0 spiro atoms. The Hall–Kier alpha value is -4.26. The molecule has 1 heterocycles. The second-order valence-corrected chi connectivity index (χ2v) is 10.0. The molecule has 1 atom stereocenters. The van der Waals surface area contributed by atoms with Gasteiger partial charge < -0.3 is 24.2 Å². The number of methoxy groups -OCH3 is 2. The van der Waals surface area contributed by atoms with Gasteiger partial charge in [0.1, 0.15) is 18.1 Å². The smallest absolute Gasteiger partial charge is 0.295 e. The first kappa shape index (κ1) is 26.4. The maximum Gasteiger partial charge on any atom is 0.295 e. The van der Waals surface area contributed by atoms with Crippen molar-refractivity contribution in [3.05, 3.63) is 94.6 Å². The highest BCUT2D eigenvalue weighted by Crippen LogP contribution is 2.45. The van der Waals surface area contributed by atoms with E-state index in [-0.39, 0.29) is 17.4 Å². The average molecular weight is 528 g/mol. The fourth-order valence-electron chi connectivity index (χ4n) is 5.61. The number of benzene rings is 3. The predicted molar refractivity (Wildman–Crippen MR) is 148 cm³/mol. The number of hydrogen-bond donors (Lipinski definition) is 1. The van der Waals surface area contributed by atoms with Crippen LogP contribution >= 0.6 is 0 Å². The van der Waals surface area contributed by atoms with Crippen molar-refractivity contribution >= 4 is 17.4 Å². The second-order valence-electron chi connectivity index (χ2n) is 10.0. The largest absolute Gasteiger partial charge is 0.507 e. The van der Waals surface area contributed by atoms with E-state index in [0.29, 0.717) is 35.0 Å². The third kappa shape index (κ3) is 5.09. The molecule has 5 rings (SSSR count). The average Bonchev–Trinajstić information content (AvgIpc) is 3.58. The Kier molecular flexibility index (Phi) is 7.59. The van der Waals surface area contributed by atoms with Crippen LogP contribution in [-0.2, 0) is 16.2 Å². The minimum absolute atomic E-state index is 0.0691. The zero-order valence-electron chi connectivity index (χ0n) is 22.5. The van der Waals surface area contributed by atoms with E-state index in [4.69, 9.17) is 14.2 Å². The summed E-state index contributed by atoms with van der Waals surface area (Å²) >= 11 is 0. The first-order chi connectivity index (χ1) is 18.9. The Bertz CT molecular complexity index is 1410. The Morgan fingerprint density at radius 3 is 2.26 bits per heavy atom. The summed E-state index contributed by atoms with van der Waals surface area (Å²) in [7, 11) is 3.09. The molecule has 7 heteroatoms. The standard InChI is InChI=1S/C32H33NO6/c1-20-17-23(14-15-25(20)39-19-21-9-5-4-6-10-21)30(34)28-29(22-13-16-26(37-2)27(18-22)38-3)33(32(36)31(28)35)24-11-7-8-12-24/h4-6,9-10,13-18,24,29,34H,7-8,11-12,19H2,1-3H3/b30-28-. The van der Waals surface area contributed by atoms with Gasteiger partial charge in [-0.25, -0.2) is 0 Å². The maximum atomic E-state index is 13.5. The molecule has 1 aliphatic heterocycles. The van der Waals surface area contributed by atoms with Crippen molar-refractivity contribution in [3.8, 4) is 17.2 Å². The Morgan fingerprint density at radius 1 is 0.897 bits per heavy atom. The SMILES string of the molecule is COc1ccc(C2/C(=C(/O)c3ccc(OCc4ccccc4)c(C)c3)C(=O)C(=O)N2C2CCCC2)cc1OC. The number of likely N-dealkylation sites (tertiary alicyclic amines) is 1. The zero-order valence-corrected chi connectivity index (χ0v) is 22.5. The molecule has 2 fully saturated rings. The number of carbonyl (C=O) groups is 2. The van der Waals surface area contributed by atoms with Gasteiger partial charge in [0.05, 0.1) is 25.8 Å². The van der Waals surface area contributed by atoms with Gasteiger partial charge in [-0.2, -0.15) is 0 Å². The van der Waals surface area contributed by atoms with Crippen molar-refractivity contribution in [1.29, 1.82) is 0 Å². The van der Waals surface area contributed by atoms with Gasteiger partial charge in [-0.05, 0) is 66.8 Å². The molecule has 1 saturated heterocycles. The molecule has 1 N–H and O–H groups in total. The lowest BCUT2D eigenvalue weighted by molar-refractivity contribution is -0.141. The number of ketones is 1. The molecule has 0 aromatic heterocycles. The monoisotopic (exact) mass is 527 g/mol. The third-order valence-electron chi connectivity index (χ3n) is 7.61. The summed E-state index contributed by atoms with van der Waals surface area (Å²) in [5.41, 5.74) is 3.07. The molecule has 3 aromatic rings. The van der Waals surface area contributed by atoms with Gasteiger partial charge in [-0.1, -0.05) is 49.2 Å². The van der Waals surface area contributed by atoms with E-state index >= 15 is 0 Å². The summed E-state index contributed by atoms with van der Waals surface area (Å²) in [5.74, 6) is 0.247. The molecule has 39 heavy (non-hydrogen) atoms. The van der Waals surface area contributed by atoms with E-state index in [1.54, 1.807) is 49.5 Å². The molecule has 202 valence electrons. The number of hydrogen-bond acceptors (Lipinski definition) is 6. The van der Waals surface area contributed by atoms with Gasteiger partial charge >= 0.3 is 0 Å². The van der Waals surface area contributed by atoms with Crippen LogP contribution in [0.15, 0.2) is 72.3 Å². The lowest BCUT2D eigenvalue weighted by Crippen LogP contribution is -2.37. The van der Waals surface area contributed by atoms with E-state index in [0.717, 1.165) is 36.8 Å². The molecule has 0 radical (unpaired) electrons. The zero-order chi connectivity index (χ0) is 27.5. The Labute approximate surface area is 228 Å². The summed E-state index contributed by atoms with van der Waals surface area (Å²) in [5, 5.41) is 11.5. The van der Waals surface area contributed by atoms with Gasteiger partial charge in [0.25, 0.3) is 11.7 Å². The highest BCUT2D eigenvalue weighted by Gasteiger charge is 2.49. The molecular formula is C32H33NO6. The van der Waals surface area contributed by atoms with Crippen LogP contribution in [0, 0.1) is 6.92 Å². The molecule has 2 aliphatic rings. The number of ether oxygens (including phenoxy) is 3. The number of aryl methyl sites for hydroxylation is 1. The molecular weight excluding hydrogens is 494 g/mol. The van der Waals surface area contributed by atoms with Crippen LogP contribution in [0.2, 0.25) is 0 Å². The molecule has 7 nitrogen and oxygen atoms in total. The van der Waals surface area contributed by atoms with Crippen LogP contribution in [0.4, 0.5) is 0 Å². The molecule has 1 amide bonds. The number of carbonyl (C=O) groups excluding carboxylic acids is 2. The second kappa shape index (κ2) is 11.2. The van der Waals surface area contributed by atoms with Crippen molar-refractivity contribution < 1.29 is 28.9 Å². The quantitative estimate of drug-likeness (QED) is 0.221. The highest BCUT2D eigenvalue weighted by molar-refractivity contribution is 6.46. The van der Waals surface area contributed by atoms with Gasteiger partial charge in [-0.15, -0.1) is 0 Å². The molecule has 0 bridgehead atoms. The van der Waals surface area contributed by atoms with Crippen LogP contribution in [-0.4, -0.2) is 42.0 Å². The summed E-state index contributed by atoms with van der Waals surface area (Å²) in [6.45, 7) is 2.30. The fraction of sp³-hybridized carbons (Fsp3) is 0.312. The number of Topliss-reactive ketones (excluding diaryl/α,β-unsaturated/α-hetero) is 1. The molecule has 3 aromatic carbocycles. The number of rotatable bonds is 8. The first-order valence-corrected chi connectivity index (χ1v) is 13.2. The topological polar surface area (TPSA) is 85.3 Å². The van der Waals surface area contributed by atoms with E-state index in [2.05, 4.69) is 0 Å². The van der Waals surface area contributed by atoms with Crippen LogP contribution < -0.4 is 14.2 Å². The normalized spacial score (nSPS) is 18.9. The number of aliphatic hydroxyl groups excluding tert-OH is 1. The molecule has 1 aliphatic carbocycles. The number of amides is 1. The van der Waals surface area contributed by atoms with Crippen molar-refractivity contribution in [2.75, 3.05) is 14.2 Å². The highest BCUT2D eigenvalue weighted by atomic mass is 16.5. The summed E-state index contributed by atoms with van der Waals surface area (Å²) in [6, 6.07) is 19.7. The van der Waals surface area contributed by atoms with Crippen LogP contribution in [0.1, 0.15) is 54.0 Å².